The maximum absolute atomic E-state index is 13.0. The zero-order valence-corrected chi connectivity index (χ0v) is 21.3. The van der Waals surface area contributed by atoms with Crippen LogP contribution < -0.4 is 5.32 Å². The molecule has 6 heteroatoms. The number of piperidine rings is 1. The third-order valence-electron chi connectivity index (χ3n) is 6.56. The van der Waals surface area contributed by atoms with Crippen LogP contribution in [-0.4, -0.2) is 34.8 Å². The first-order valence-electron chi connectivity index (χ1n) is 12.4. The van der Waals surface area contributed by atoms with Crippen molar-refractivity contribution in [2.24, 2.45) is 0 Å². The van der Waals surface area contributed by atoms with Gasteiger partial charge in [-0.05, 0) is 49.8 Å². The van der Waals surface area contributed by atoms with Crippen molar-refractivity contribution < 1.29 is 9.59 Å². The molecule has 2 heterocycles. The monoisotopic (exact) mass is 487 g/mol. The van der Waals surface area contributed by atoms with E-state index in [0.29, 0.717) is 18.0 Å². The molecule has 2 aromatic carbocycles. The van der Waals surface area contributed by atoms with Gasteiger partial charge in [-0.3, -0.25) is 9.59 Å². The number of aryl methyl sites for hydroxylation is 1. The van der Waals surface area contributed by atoms with Crippen LogP contribution in [0.15, 0.2) is 66.1 Å². The highest BCUT2D eigenvalue weighted by Crippen LogP contribution is 2.32. The molecule has 35 heavy (non-hydrogen) atoms. The number of likely N-dealkylation sites (tertiary alicyclic amines) is 1. The Labute approximate surface area is 211 Å². The highest BCUT2D eigenvalue weighted by atomic mass is 32.1. The lowest BCUT2D eigenvalue weighted by Crippen LogP contribution is -2.37. The van der Waals surface area contributed by atoms with Gasteiger partial charge in [0.15, 0.2) is 0 Å². The third-order valence-corrected chi connectivity index (χ3v) is 7.57. The number of hydrogen-bond acceptors (Lipinski definition) is 4. The standard InChI is InChI=1S/C29H33N3O2S/c1-3-5-6-11-27(33)32-18-16-23(17-19-32)29-31-26(20-35-29)28(34)30-25-10-8-7-9-24(25)22-14-12-21(4-2)13-15-22/h3,5,7-10,12-15,20,23H,4,6,11,16-19H2,1-2H3,(H,30,34). The van der Waals surface area contributed by atoms with E-state index >= 15 is 0 Å². The molecular weight excluding hydrogens is 454 g/mol. The number of nitrogens with zero attached hydrogens (tertiary/aromatic N) is 2. The zero-order valence-electron chi connectivity index (χ0n) is 20.5. The fourth-order valence-electron chi connectivity index (χ4n) is 4.44. The number of carbonyl (C=O) groups is 2. The Hall–Kier alpha value is -3.25. The summed E-state index contributed by atoms with van der Waals surface area (Å²) in [6, 6.07) is 16.3. The van der Waals surface area contributed by atoms with E-state index in [1.165, 1.54) is 5.56 Å². The molecule has 2 amide bonds. The quantitative estimate of drug-likeness (QED) is 0.360. The normalized spacial score (nSPS) is 14.4. The molecule has 0 radical (unpaired) electrons. The van der Waals surface area contributed by atoms with Crippen molar-refractivity contribution in [3.05, 3.63) is 82.3 Å². The van der Waals surface area contributed by atoms with Crippen molar-refractivity contribution in [3.8, 4) is 11.1 Å². The fourth-order valence-corrected chi connectivity index (χ4v) is 5.41. The molecule has 0 spiro atoms. The highest BCUT2D eigenvalue weighted by Gasteiger charge is 2.26. The Balaban J connectivity index is 1.38. The molecule has 1 saturated heterocycles. The van der Waals surface area contributed by atoms with Gasteiger partial charge in [-0.2, -0.15) is 0 Å². The van der Waals surface area contributed by atoms with Gasteiger partial charge in [0.1, 0.15) is 5.69 Å². The van der Waals surface area contributed by atoms with Gasteiger partial charge < -0.3 is 10.2 Å². The summed E-state index contributed by atoms with van der Waals surface area (Å²) in [4.78, 5) is 32.0. The van der Waals surface area contributed by atoms with Gasteiger partial charge in [0, 0.05) is 42.1 Å². The smallest absolute Gasteiger partial charge is 0.275 e. The SMILES string of the molecule is CC=CCCC(=O)N1CCC(c2nc(C(=O)Nc3ccccc3-c3ccc(CC)cc3)cs2)CC1. The van der Waals surface area contributed by atoms with Crippen LogP contribution in [0.25, 0.3) is 11.1 Å². The summed E-state index contributed by atoms with van der Waals surface area (Å²) in [7, 11) is 0. The average molecular weight is 488 g/mol. The topological polar surface area (TPSA) is 62.3 Å². The van der Waals surface area contributed by atoms with E-state index in [1.54, 1.807) is 11.3 Å². The van der Waals surface area contributed by atoms with Crippen LogP contribution >= 0.6 is 11.3 Å². The lowest BCUT2D eigenvalue weighted by Gasteiger charge is -2.31. The van der Waals surface area contributed by atoms with Gasteiger partial charge in [0.2, 0.25) is 5.91 Å². The first kappa shape index (κ1) is 24.9. The molecule has 1 fully saturated rings. The summed E-state index contributed by atoms with van der Waals surface area (Å²) < 4.78 is 0. The zero-order chi connectivity index (χ0) is 24.6. The lowest BCUT2D eigenvalue weighted by atomic mass is 9.97. The van der Waals surface area contributed by atoms with E-state index in [-0.39, 0.29) is 11.8 Å². The molecule has 1 N–H and O–H groups in total. The lowest BCUT2D eigenvalue weighted by molar-refractivity contribution is -0.132. The molecular formula is C29H33N3O2S. The van der Waals surface area contributed by atoms with Gasteiger partial charge in [-0.15, -0.1) is 11.3 Å². The molecule has 0 saturated carbocycles. The summed E-state index contributed by atoms with van der Waals surface area (Å²) in [5.74, 6) is 0.330. The molecule has 1 aliphatic heterocycles. The summed E-state index contributed by atoms with van der Waals surface area (Å²) in [6.07, 6.45) is 8.16. The first-order chi connectivity index (χ1) is 17.1. The van der Waals surface area contributed by atoms with Crippen LogP contribution in [0.1, 0.15) is 66.5 Å². The molecule has 0 aliphatic carbocycles. The van der Waals surface area contributed by atoms with E-state index < -0.39 is 0 Å². The number of thiazole rings is 1. The van der Waals surface area contributed by atoms with E-state index in [0.717, 1.165) is 60.6 Å². The number of anilines is 1. The van der Waals surface area contributed by atoms with Crippen molar-refractivity contribution in [2.45, 2.75) is 51.9 Å². The average Bonchev–Trinajstić information content (AvgIpc) is 3.40. The summed E-state index contributed by atoms with van der Waals surface area (Å²) in [5.41, 5.74) is 4.58. The number of amides is 2. The second-order valence-electron chi connectivity index (χ2n) is 8.88. The minimum absolute atomic E-state index is 0.193. The third kappa shape index (κ3) is 6.25. The number of hydrogen-bond donors (Lipinski definition) is 1. The van der Waals surface area contributed by atoms with Crippen molar-refractivity contribution in [1.82, 2.24) is 9.88 Å². The van der Waals surface area contributed by atoms with E-state index in [4.69, 9.17) is 0 Å². The van der Waals surface area contributed by atoms with Crippen LogP contribution in [-0.2, 0) is 11.2 Å². The van der Waals surface area contributed by atoms with Crippen molar-refractivity contribution >= 4 is 28.8 Å². The Kier molecular flexibility index (Phi) is 8.48. The van der Waals surface area contributed by atoms with Crippen LogP contribution in [0.2, 0.25) is 0 Å². The van der Waals surface area contributed by atoms with Gasteiger partial charge in [-0.25, -0.2) is 4.98 Å². The Bertz CT molecular complexity index is 1170. The number of aromatic nitrogens is 1. The molecule has 3 aromatic rings. The van der Waals surface area contributed by atoms with E-state index in [2.05, 4.69) is 41.5 Å². The Morgan fingerprint density at radius 1 is 1.11 bits per heavy atom. The van der Waals surface area contributed by atoms with Gasteiger partial charge >= 0.3 is 0 Å². The summed E-state index contributed by atoms with van der Waals surface area (Å²) >= 11 is 1.54. The van der Waals surface area contributed by atoms with Crippen LogP contribution in [0, 0.1) is 0 Å². The molecule has 1 aliphatic rings. The van der Waals surface area contributed by atoms with Crippen molar-refractivity contribution in [1.29, 1.82) is 0 Å². The Morgan fingerprint density at radius 2 is 1.86 bits per heavy atom. The van der Waals surface area contributed by atoms with E-state index in [1.807, 2.05) is 53.6 Å². The largest absolute Gasteiger partial charge is 0.343 e. The second-order valence-corrected chi connectivity index (χ2v) is 9.77. The molecule has 1 aromatic heterocycles. The molecule has 4 rings (SSSR count). The van der Waals surface area contributed by atoms with Crippen molar-refractivity contribution in [3.63, 3.8) is 0 Å². The maximum atomic E-state index is 13.0. The minimum Gasteiger partial charge on any atom is -0.343 e. The second kappa shape index (κ2) is 11.9. The summed E-state index contributed by atoms with van der Waals surface area (Å²) in [6.45, 7) is 5.62. The van der Waals surface area contributed by atoms with Crippen LogP contribution in [0.5, 0.6) is 0 Å². The first-order valence-corrected chi connectivity index (χ1v) is 13.3. The number of nitrogens with one attached hydrogen (secondary N) is 1. The number of rotatable bonds is 8. The predicted molar refractivity (Wildman–Crippen MR) is 144 cm³/mol. The van der Waals surface area contributed by atoms with Gasteiger partial charge in [0.25, 0.3) is 5.91 Å². The minimum atomic E-state index is -0.193. The van der Waals surface area contributed by atoms with Gasteiger partial charge in [0.05, 0.1) is 5.01 Å². The summed E-state index contributed by atoms with van der Waals surface area (Å²) in [5, 5.41) is 5.89. The fraction of sp³-hybridized carbons (Fsp3) is 0.345. The maximum Gasteiger partial charge on any atom is 0.275 e. The van der Waals surface area contributed by atoms with Crippen LogP contribution in [0.3, 0.4) is 0 Å². The number of benzene rings is 2. The van der Waals surface area contributed by atoms with E-state index in [9.17, 15) is 9.59 Å². The molecule has 0 bridgehead atoms. The molecule has 5 nitrogen and oxygen atoms in total. The number of para-hydroxylation sites is 1. The molecule has 182 valence electrons. The Morgan fingerprint density at radius 3 is 2.57 bits per heavy atom. The molecule has 0 unspecified atom stereocenters. The van der Waals surface area contributed by atoms with Crippen molar-refractivity contribution in [2.75, 3.05) is 18.4 Å². The van der Waals surface area contributed by atoms with Crippen LogP contribution in [0.4, 0.5) is 5.69 Å². The number of allylic oxidation sites excluding steroid dienone is 2. The van der Waals surface area contributed by atoms with Gasteiger partial charge in [-0.1, -0.05) is 61.5 Å². The predicted octanol–water partition coefficient (Wildman–Crippen LogP) is 6.69. The number of carbonyl (C=O) groups excluding carboxylic acids is 2. The molecule has 0 atom stereocenters. The highest BCUT2D eigenvalue weighted by molar-refractivity contribution is 7.10.